The van der Waals surface area contributed by atoms with E-state index in [1.807, 2.05) is 0 Å². The summed E-state index contributed by atoms with van der Waals surface area (Å²) in [5.41, 5.74) is 0.114. The Balaban J connectivity index is 2.51. The number of carbonyl (C=O) groups is 2. The summed E-state index contributed by atoms with van der Waals surface area (Å²) in [6.45, 7) is 0.0723. The lowest BCUT2D eigenvalue weighted by Gasteiger charge is -2.19. The molecule has 0 bridgehead atoms. The van der Waals surface area contributed by atoms with Gasteiger partial charge in [0.1, 0.15) is 0 Å². The van der Waals surface area contributed by atoms with Crippen molar-refractivity contribution in [3.05, 3.63) is 28.8 Å². The summed E-state index contributed by atoms with van der Waals surface area (Å²) in [5, 5.41) is 18.6. The maximum Gasteiger partial charge on any atom is 0.337 e. The summed E-state index contributed by atoms with van der Waals surface area (Å²) in [4.78, 5) is 23.9. The Kier molecular flexibility index (Phi) is 3.04. The first-order valence-corrected chi connectivity index (χ1v) is 5.38. The molecule has 6 heteroatoms. The highest BCUT2D eigenvalue weighted by Crippen LogP contribution is 2.32. The molecule has 1 aromatic rings. The van der Waals surface area contributed by atoms with Crippen LogP contribution in [0.25, 0.3) is 0 Å². The van der Waals surface area contributed by atoms with Gasteiger partial charge in [0.25, 0.3) is 0 Å². The molecule has 5 nitrogen and oxygen atoms in total. The second-order valence-corrected chi connectivity index (χ2v) is 4.21. The summed E-state index contributed by atoms with van der Waals surface area (Å²) in [6.07, 6.45) is -0.787. The number of aliphatic hydroxyl groups is 1. The zero-order chi connectivity index (χ0) is 12.6. The number of hydrogen-bond acceptors (Lipinski definition) is 3. The highest BCUT2D eigenvalue weighted by atomic mass is 35.5. The minimum absolute atomic E-state index is 0.00964. The molecule has 1 fully saturated rings. The molecule has 0 radical (unpaired) electrons. The standard InChI is InChI=1S/C11H10ClNO4/c12-8-3-1-2-7(11(16)17)10(8)13-5-6(14)4-9(13)15/h1-3,6,14H,4-5H2,(H,16,17). The predicted octanol–water partition coefficient (Wildman–Crippen LogP) is 1.14. The van der Waals surface area contributed by atoms with E-state index in [0.717, 1.165) is 0 Å². The third-order valence-corrected chi connectivity index (χ3v) is 2.90. The molecule has 0 saturated carbocycles. The number of hydrogen-bond donors (Lipinski definition) is 2. The fourth-order valence-electron chi connectivity index (χ4n) is 1.87. The van der Waals surface area contributed by atoms with E-state index in [2.05, 4.69) is 0 Å². The molecule has 1 aliphatic rings. The van der Waals surface area contributed by atoms with Crippen molar-refractivity contribution in [3.8, 4) is 0 Å². The maximum absolute atomic E-state index is 11.6. The van der Waals surface area contributed by atoms with Crippen molar-refractivity contribution in [2.45, 2.75) is 12.5 Å². The predicted molar refractivity (Wildman–Crippen MR) is 61.4 cm³/mol. The summed E-state index contributed by atoms with van der Waals surface area (Å²) in [7, 11) is 0. The molecule has 1 unspecified atom stereocenters. The van der Waals surface area contributed by atoms with Crippen molar-refractivity contribution in [2.24, 2.45) is 0 Å². The number of benzene rings is 1. The Bertz CT molecular complexity index is 488. The van der Waals surface area contributed by atoms with Crippen LogP contribution < -0.4 is 4.90 Å². The number of anilines is 1. The minimum Gasteiger partial charge on any atom is -0.478 e. The van der Waals surface area contributed by atoms with Crippen LogP contribution >= 0.6 is 11.6 Å². The third kappa shape index (κ3) is 2.11. The molecule has 1 saturated heterocycles. The molecule has 1 aromatic carbocycles. The Morgan fingerprint density at radius 2 is 2.18 bits per heavy atom. The van der Waals surface area contributed by atoms with E-state index in [1.165, 1.54) is 23.1 Å². The van der Waals surface area contributed by atoms with Crippen LogP contribution in [0.1, 0.15) is 16.8 Å². The van der Waals surface area contributed by atoms with Gasteiger partial charge in [-0.05, 0) is 12.1 Å². The van der Waals surface area contributed by atoms with E-state index >= 15 is 0 Å². The molecule has 0 aromatic heterocycles. The van der Waals surface area contributed by atoms with E-state index in [0.29, 0.717) is 0 Å². The number of carbonyl (C=O) groups excluding carboxylic acids is 1. The zero-order valence-corrected chi connectivity index (χ0v) is 9.52. The van der Waals surface area contributed by atoms with Crippen LogP contribution in [0.2, 0.25) is 5.02 Å². The van der Waals surface area contributed by atoms with E-state index in [9.17, 15) is 14.7 Å². The van der Waals surface area contributed by atoms with Crippen LogP contribution in [0.5, 0.6) is 0 Å². The number of halogens is 1. The molecular weight excluding hydrogens is 246 g/mol. The molecule has 0 aliphatic carbocycles. The van der Waals surface area contributed by atoms with E-state index in [4.69, 9.17) is 16.7 Å². The SMILES string of the molecule is O=C(O)c1cccc(Cl)c1N1CC(O)CC1=O. The molecule has 2 rings (SSSR count). The summed E-state index contributed by atoms with van der Waals surface area (Å²) < 4.78 is 0. The molecule has 90 valence electrons. The van der Waals surface area contributed by atoms with Crippen LogP contribution in [0.3, 0.4) is 0 Å². The quantitative estimate of drug-likeness (QED) is 0.831. The van der Waals surface area contributed by atoms with Crippen LogP contribution in [-0.4, -0.2) is 34.7 Å². The average Bonchev–Trinajstić information content (AvgIpc) is 2.57. The molecule has 1 aliphatic heterocycles. The van der Waals surface area contributed by atoms with E-state index in [-0.39, 0.29) is 35.1 Å². The second kappa shape index (κ2) is 4.35. The number of aliphatic hydroxyl groups excluding tert-OH is 1. The van der Waals surface area contributed by atoms with Crippen molar-refractivity contribution in [3.63, 3.8) is 0 Å². The first-order valence-electron chi connectivity index (χ1n) is 5.01. The van der Waals surface area contributed by atoms with Gasteiger partial charge in [-0.3, -0.25) is 4.79 Å². The Hall–Kier alpha value is -1.59. The van der Waals surface area contributed by atoms with Crippen molar-refractivity contribution in [1.82, 2.24) is 0 Å². The molecule has 17 heavy (non-hydrogen) atoms. The van der Waals surface area contributed by atoms with Gasteiger partial charge in [0, 0.05) is 0 Å². The van der Waals surface area contributed by atoms with Crippen LogP contribution in [0.15, 0.2) is 18.2 Å². The van der Waals surface area contributed by atoms with Gasteiger partial charge >= 0.3 is 5.97 Å². The molecule has 1 amide bonds. The van der Waals surface area contributed by atoms with E-state index in [1.54, 1.807) is 0 Å². The lowest BCUT2D eigenvalue weighted by atomic mass is 10.1. The van der Waals surface area contributed by atoms with Crippen molar-refractivity contribution in [1.29, 1.82) is 0 Å². The highest BCUT2D eigenvalue weighted by Gasteiger charge is 2.32. The van der Waals surface area contributed by atoms with Gasteiger partial charge in [0.2, 0.25) is 5.91 Å². The monoisotopic (exact) mass is 255 g/mol. The number of rotatable bonds is 2. The minimum atomic E-state index is -1.16. The zero-order valence-electron chi connectivity index (χ0n) is 8.76. The molecule has 1 atom stereocenters. The average molecular weight is 256 g/mol. The first kappa shape index (κ1) is 11.9. The number of amides is 1. The fourth-order valence-corrected chi connectivity index (χ4v) is 2.14. The molecular formula is C11H10ClNO4. The molecule has 0 spiro atoms. The lowest BCUT2D eigenvalue weighted by Crippen LogP contribution is -2.27. The molecule has 2 N–H and O–H groups in total. The summed E-state index contributed by atoms with van der Waals surface area (Å²) in [6, 6.07) is 4.40. The Morgan fingerprint density at radius 1 is 1.47 bits per heavy atom. The maximum atomic E-state index is 11.6. The van der Waals surface area contributed by atoms with E-state index < -0.39 is 12.1 Å². The van der Waals surface area contributed by atoms with Crippen LogP contribution in [0.4, 0.5) is 5.69 Å². The van der Waals surface area contributed by atoms with Gasteiger partial charge in [0.15, 0.2) is 0 Å². The number of para-hydroxylation sites is 1. The van der Waals surface area contributed by atoms with Crippen LogP contribution in [0, 0.1) is 0 Å². The normalized spacial score (nSPS) is 19.8. The number of nitrogens with zero attached hydrogens (tertiary/aromatic N) is 1. The molecule has 1 heterocycles. The van der Waals surface area contributed by atoms with Crippen molar-refractivity contribution >= 4 is 29.2 Å². The van der Waals surface area contributed by atoms with Gasteiger partial charge in [-0.2, -0.15) is 0 Å². The van der Waals surface area contributed by atoms with Crippen molar-refractivity contribution < 1.29 is 19.8 Å². The van der Waals surface area contributed by atoms with Gasteiger partial charge in [0.05, 0.1) is 35.3 Å². The van der Waals surface area contributed by atoms with Gasteiger partial charge in [-0.1, -0.05) is 17.7 Å². The van der Waals surface area contributed by atoms with Gasteiger partial charge in [-0.25, -0.2) is 4.79 Å². The summed E-state index contributed by atoms with van der Waals surface area (Å²) >= 11 is 5.93. The van der Waals surface area contributed by atoms with Gasteiger partial charge in [-0.15, -0.1) is 0 Å². The number of β-amino-alcohol motifs (C(OH)–C–C–N with tert-alkyl or cyclic N) is 1. The number of aromatic carboxylic acids is 1. The largest absolute Gasteiger partial charge is 0.478 e. The first-order chi connectivity index (χ1) is 8.00. The fraction of sp³-hybridized carbons (Fsp3) is 0.273. The van der Waals surface area contributed by atoms with Crippen molar-refractivity contribution in [2.75, 3.05) is 11.4 Å². The second-order valence-electron chi connectivity index (χ2n) is 3.80. The number of carboxylic acid groups (broad SMARTS) is 1. The summed E-state index contributed by atoms with van der Waals surface area (Å²) in [5.74, 6) is -1.48. The topological polar surface area (TPSA) is 77.8 Å². The Morgan fingerprint density at radius 3 is 2.71 bits per heavy atom. The highest BCUT2D eigenvalue weighted by molar-refractivity contribution is 6.34. The smallest absolute Gasteiger partial charge is 0.337 e. The lowest BCUT2D eigenvalue weighted by molar-refractivity contribution is -0.117. The van der Waals surface area contributed by atoms with Gasteiger partial charge < -0.3 is 15.1 Å². The number of carboxylic acids is 1. The third-order valence-electron chi connectivity index (χ3n) is 2.59. The van der Waals surface area contributed by atoms with Crippen LogP contribution in [-0.2, 0) is 4.79 Å². The Labute approximate surface area is 102 Å².